The molecule has 0 heterocycles. The summed E-state index contributed by atoms with van der Waals surface area (Å²) < 4.78 is 0. The number of hydrogen-bond acceptors (Lipinski definition) is 1. The van der Waals surface area contributed by atoms with Crippen molar-refractivity contribution in [3.05, 3.63) is 24.3 Å². The van der Waals surface area contributed by atoms with E-state index in [1.807, 2.05) is 20.8 Å². The van der Waals surface area contributed by atoms with Crippen molar-refractivity contribution < 1.29 is 4.79 Å². The quantitative estimate of drug-likeness (QED) is 0.447. The number of carbonyl (C=O) groups is 1. The van der Waals surface area contributed by atoms with Crippen LogP contribution in [-0.4, -0.2) is 6.29 Å². The molecule has 0 amide bonds. The van der Waals surface area contributed by atoms with Crippen molar-refractivity contribution in [3.63, 3.8) is 0 Å². The third-order valence-corrected chi connectivity index (χ3v) is 2.38. The molecule has 0 aromatic heterocycles. The zero-order valence-electron chi connectivity index (χ0n) is 7.61. The van der Waals surface area contributed by atoms with Crippen LogP contribution >= 0.6 is 0 Å². The molecule has 0 unspecified atom stereocenters. The molecule has 0 N–H and O–H groups in total. The highest BCUT2D eigenvalue weighted by atomic mass is 16.1. The molecule has 0 aromatic rings. The molecular weight excluding hydrogens is 136 g/mol. The average molecular weight is 152 g/mol. The maximum absolute atomic E-state index is 10.3. The van der Waals surface area contributed by atoms with Gasteiger partial charge in [-0.05, 0) is 13.8 Å². The van der Waals surface area contributed by atoms with E-state index in [9.17, 15) is 4.79 Å². The molecule has 0 bridgehead atoms. The van der Waals surface area contributed by atoms with E-state index in [1.165, 1.54) is 0 Å². The molecule has 11 heavy (non-hydrogen) atoms. The lowest BCUT2D eigenvalue weighted by molar-refractivity contribution is -0.108. The second-order valence-corrected chi connectivity index (χ2v) is 3.26. The highest BCUT2D eigenvalue weighted by Gasteiger charge is 2.25. The molecule has 0 aliphatic heterocycles. The zero-order chi connectivity index (χ0) is 9.07. The molecule has 0 atom stereocenters. The Balaban J connectivity index is 4.65. The molecule has 0 radical (unpaired) electrons. The Hall–Kier alpha value is -0.850. The summed E-state index contributed by atoms with van der Waals surface area (Å²) in [5, 5.41) is 0. The zero-order valence-corrected chi connectivity index (χ0v) is 7.61. The number of carbonyl (C=O) groups excluding carboxylic acids is 1. The Morgan fingerprint density at radius 1 is 1.36 bits per heavy atom. The summed E-state index contributed by atoms with van der Waals surface area (Å²) in [7, 11) is 0. The standard InChI is InChI=1S/C10H16O/c1-8(2)10(5,6-7-11)9(3)4/h7H,1,3,6H2,2,4-5H3. The first-order valence-electron chi connectivity index (χ1n) is 3.70. The van der Waals surface area contributed by atoms with Gasteiger partial charge in [-0.2, -0.15) is 0 Å². The van der Waals surface area contributed by atoms with E-state index in [0.717, 1.165) is 17.4 Å². The summed E-state index contributed by atoms with van der Waals surface area (Å²) in [6.07, 6.45) is 1.40. The molecule has 1 nitrogen and oxygen atoms in total. The fraction of sp³-hybridized carbons (Fsp3) is 0.500. The Morgan fingerprint density at radius 2 is 1.73 bits per heavy atom. The molecule has 1 heteroatoms. The van der Waals surface area contributed by atoms with Gasteiger partial charge in [-0.3, -0.25) is 0 Å². The molecule has 0 saturated heterocycles. The van der Waals surface area contributed by atoms with Crippen LogP contribution in [0.5, 0.6) is 0 Å². The lowest BCUT2D eigenvalue weighted by Gasteiger charge is -2.28. The van der Waals surface area contributed by atoms with Crippen LogP contribution < -0.4 is 0 Å². The number of allylic oxidation sites excluding steroid dienone is 2. The summed E-state index contributed by atoms with van der Waals surface area (Å²) in [4.78, 5) is 10.3. The first kappa shape index (κ1) is 10.2. The predicted molar refractivity (Wildman–Crippen MR) is 48.4 cm³/mol. The Bertz CT molecular complexity index is 175. The monoisotopic (exact) mass is 152 g/mol. The van der Waals surface area contributed by atoms with Crippen molar-refractivity contribution in [2.24, 2.45) is 5.41 Å². The average Bonchev–Trinajstić information content (AvgIpc) is 1.87. The van der Waals surface area contributed by atoms with Crippen LogP contribution in [0.15, 0.2) is 24.3 Å². The maximum atomic E-state index is 10.3. The van der Waals surface area contributed by atoms with E-state index in [4.69, 9.17) is 0 Å². The van der Waals surface area contributed by atoms with Crippen molar-refractivity contribution in [2.45, 2.75) is 27.2 Å². The fourth-order valence-electron chi connectivity index (χ4n) is 0.879. The second kappa shape index (κ2) is 3.51. The van der Waals surface area contributed by atoms with Crippen molar-refractivity contribution in [2.75, 3.05) is 0 Å². The van der Waals surface area contributed by atoms with Crippen molar-refractivity contribution in [3.8, 4) is 0 Å². The van der Waals surface area contributed by atoms with Gasteiger partial charge < -0.3 is 4.79 Å². The van der Waals surface area contributed by atoms with Crippen LogP contribution in [0.25, 0.3) is 0 Å². The first-order valence-corrected chi connectivity index (χ1v) is 3.70. The molecule has 0 aliphatic rings. The van der Waals surface area contributed by atoms with Gasteiger partial charge in [0.25, 0.3) is 0 Å². The normalized spacial score (nSPS) is 10.8. The van der Waals surface area contributed by atoms with E-state index < -0.39 is 0 Å². The molecule has 0 fully saturated rings. The van der Waals surface area contributed by atoms with E-state index in [1.54, 1.807) is 0 Å². The molecule has 0 saturated carbocycles. The molecular formula is C10H16O. The molecule has 0 aliphatic carbocycles. The first-order chi connectivity index (χ1) is 4.95. The minimum absolute atomic E-state index is 0.207. The summed E-state index contributed by atoms with van der Waals surface area (Å²) in [5.74, 6) is 0. The molecule has 62 valence electrons. The lowest BCUT2D eigenvalue weighted by Crippen LogP contribution is -2.18. The number of hydrogen-bond donors (Lipinski definition) is 0. The number of aldehydes is 1. The molecule has 0 spiro atoms. The Morgan fingerprint density at radius 3 is 1.82 bits per heavy atom. The van der Waals surface area contributed by atoms with Crippen LogP contribution in [0.2, 0.25) is 0 Å². The topological polar surface area (TPSA) is 17.1 Å². The van der Waals surface area contributed by atoms with E-state index in [2.05, 4.69) is 13.2 Å². The SMILES string of the molecule is C=C(C)C(C)(CC=O)C(=C)C. The van der Waals surface area contributed by atoms with Crippen LogP contribution in [0.4, 0.5) is 0 Å². The van der Waals surface area contributed by atoms with Crippen molar-refractivity contribution in [1.29, 1.82) is 0 Å². The third kappa shape index (κ3) is 2.04. The van der Waals surface area contributed by atoms with Gasteiger partial charge in [0, 0.05) is 11.8 Å². The van der Waals surface area contributed by atoms with Gasteiger partial charge in [-0.25, -0.2) is 0 Å². The van der Waals surface area contributed by atoms with Crippen molar-refractivity contribution >= 4 is 6.29 Å². The summed E-state index contributed by atoms with van der Waals surface area (Å²) in [6, 6.07) is 0. The summed E-state index contributed by atoms with van der Waals surface area (Å²) in [5.41, 5.74) is 1.79. The highest BCUT2D eigenvalue weighted by Crippen LogP contribution is 2.35. The minimum Gasteiger partial charge on any atom is -0.303 e. The second-order valence-electron chi connectivity index (χ2n) is 3.26. The smallest absolute Gasteiger partial charge is 0.121 e. The van der Waals surface area contributed by atoms with Gasteiger partial charge in [0.2, 0.25) is 0 Å². The number of rotatable bonds is 4. The Kier molecular flexibility index (Phi) is 3.24. The van der Waals surface area contributed by atoms with Gasteiger partial charge in [-0.1, -0.05) is 31.2 Å². The molecule has 0 aromatic carbocycles. The van der Waals surface area contributed by atoms with E-state index in [0.29, 0.717) is 6.42 Å². The van der Waals surface area contributed by atoms with Crippen LogP contribution in [0, 0.1) is 5.41 Å². The lowest BCUT2D eigenvalue weighted by atomic mass is 9.76. The van der Waals surface area contributed by atoms with Gasteiger partial charge >= 0.3 is 0 Å². The third-order valence-electron chi connectivity index (χ3n) is 2.38. The van der Waals surface area contributed by atoms with E-state index >= 15 is 0 Å². The van der Waals surface area contributed by atoms with Crippen molar-refractivity contribution in [1.82, 2.24) is 0 Å². The predicted octanol–water partition coefficient (Wildman–Crippen LogP) is 2.73. The maximum Gasteiger partial charge on any atom is 0.121 e. The van der Waals surface area contributed by atoms with Gasteiger partial charge in [0.05, 0.1) is 0 Å². The summed E-state index contributed by atoms with van der Waals surface area (Å²) >= 11 is 0. The molecule has 0 rings (SSSR count). The van der Waals surface area contributed by atoms with Crippen LogP contribution in [0.1, 0.15) is 27.2 Å². The largest absolute Gasteiger partial charge is 0.303 e. The van der Waals surface area contributed by atoms with Gasteiger partial charge in [-0.15, -0.1) is 0 Å². The fourth-order valence-corrected chi connectivity index (χ4v) is 0.879. The van der Waals surface area contributed by atoms with Crippen LogP contribution in [0.3, 0.4) is 0 Å². The Labute approximate surface area is 68.8 Å². The minimum atomic E-state index is -0.207. The highest BCUT2D eigenvalue weighted by molar-refractivity contribution is 5.53. The van der Waals surface area contributed by atoms with Gasteiger partial charge in [0.15, 0.2) is 0 Å². The summed E-state index contributed by atoms with van der Waals surface area (Å²) in [6.45, 7) is 13.5. The van der Waals surface area contributed by atoms with E-state index in [-0.39, 0.29) is 5.41 Å². The van der Waals surface area contributed by atoms with Crippen LogP contribution in [-0.2, 0) is 4.79 Å². The van der Waals surface area contributed by atoms with Gasteiger partial charge in [0.1, 0.15) is 6.29 Å².